The largest absolute Gasteiger partial charge is 0.380 e. The third kappa shape index (κ3) is 6.73. The molecule has 29 heavy (non-hydrogen) atoms. The first-order chi connectivity index (χ1) is 14.2. The molecule has 1 heterocycles. The van der Waals surface area contributed by atoms with E-state index in [2.05, 4.69) is 39.4 Å². The minimum atomic E-state index is -0.124. The lowest BCUT2D eigenvalue weighted by Crippen LogP contribution is -2.47. The fourth-order valence-electron chi connectivity index (χ4n) is 4.55. The summed E-state index contributed by atoms with van der Waals surface area (Å²) in [5.74, 6) is 0.643. The van der Waals surface area contributed by atoms with E-state index in [9.17, 15) is 4.79 Å². The highest BCUT2D eigenvalue weighted by Crippen LogP contribution is 2.27. The van der Waals surface area contributed by atoms with Crippen LogP contribution in [0.4, 0.5) is 5.69 Å². The fraction of sp³-hybridized carbons (Fsp3) is 0.652. The van der Waals surface area contributed by atoms with Crippen LogP contribution in [0.1, 0.15) is 44.1 Å². The number of rotatable bonds is 8. The van der Waals surface area contributed by atoms with Crippen LogP contribution in [-0.2, 0) is 16.1 Å². The van der Waals surface area contributed by atoms with E-state index in [4.69, 9.17) is 10.00 Å². The van der Waals surface area contributed by atoms with Gasteiger partial charge in [-0.1, -0.05) is 12.1 Å². The highest BCUT2D eigenvalue weighted by atomic mass is 16.5. The van der Waals surface area contributed by atoms with Crippen LogP contribution in [0.25, 0.3) is 0 Å². The van der Waals surface area contributed by atoms with E-state index in [1.165, 1.54) is 37.1 Å². The number of methoxy groups -OCH3 is 1. The van der Waals surface area contributed by atoms with Gasteiger partial charge in [-0.2, -0.15) is 5.26 Å². The minimum Gasteiger partial charge on any atom is -0.380 e. The van der Waals surface area contributed by atoms with Crippen LogP contribution in [0, 0.1) is 17.2 Å². The number of hydrogen-bond donors (Lipinski definition) is 1. The van der Waals surface area contributed by atoms with Gasteiger partial charge in [-0.25, -0.2) is 0 Å². The Morgan fingerprint density at radius 2 is 1.97 bits per heavy atom. The number of nitrogens with one attached hydrogen (secondary N) is 1. The van der Waals surface area contributed by atoms with Gasteiger partial charge in [-0.05, 0) is 62.3 Å². The molecule has 1 aromatic rings. The zero-order valence-corrected chi connectivity index (χ0v) is 17.6. The standard InChI is InChI=1S/C23H34N4O2/c1-29-18-20-3-2-4-22(17-20)27-15-13-26(14-16-27)12-10-19-5-7-21(8-6-19)25-23(28)9-11-24/h2-4,17,19,21H,5-10,12-16,18H2,1H3,(H,25,28)/t19-,21-. The molecule has 2 fully saturated rings. The van der Waals surface area contributed by atoms with Crippen molar-refractivity contribution in [3.8, 4) is 6.07 Å². The summed E-state index contributed by atoms with van der Waals surface area (Å²) in [5.41, 5.74) is 2.53. The quantitative estimate of drug-likeness (QED) is 0.729. The van der Waals surface area contributed by atoms with Crippen molar-refractivity contribution in [1.82, 2.24) is 10.2 Å². The van der Waals surface area contributed by atoms with Gasteiger partial charge < -0.3 is 15.0 Å². The first-order valence-corrected chi connectivity index (χ1v) is 10.9. The summed E-state index contributed by atoms with van der Waals surface area (Å²) >= 11 is 0. The number of carbonyl (C=O) groups excluding carboxylic acids is 1. The minimum absolute atomic E-state index is 0.0252. The molecule has 3 rings (SSSR count). The maximum atomic E-state index is 11.6. The van der Waals surface area contributed by atoms with Crippen LogP contribution in [0.5, 0.6) is 0 Å². The lowest BCUT2D eigenvalue weighted by molar-refractivity contribution is -0.121. The zero-order chi connectivity index (χ0) is 20.5. The molecule has 0 spiro atoms. The van der Waals surface area contributed by atoms with Gasteiger partial charge in [0.2, 0.25) is 5.91 Å². The predicted octanol–water partition coefficient (Wildman–Crippen LogP) is 2.93. The maximum absolute atomic E-state index is 11.6. The predicted molar refractivity (Wildman–Crippen MR) is 115 cm³/mol. The first kappa shape index (κ1) is 21.6. The van der Waals surface area contributed by atoms with Crippen molar-refractivity contribution in [3.05, 3.63) is 29.8 Å². The number of hydrogen-bond acceptors (Lipinski definition) is 5. The molecule has 6 nitrogen and oxygen atoms in total. The average molecular weight is 399 g/mol. The third-order valence-electron chi connectivity index (χ3n) is 6.26. The van der Waals surface area contributed by atoms with Gasteiger partial charge in [-0.15, -0.1) is 0 Å². The smallest absolute Gasteiger partial charge is 0.234 e. The van der Waals surface area contributed by atoms with Crippen LogP contribution < -0.4 is 10.2 Å². The summed E-state index contributed by atoms with van der Waals surface area (Å²) in [6.45, 7) is 6.23. The molecule has 0 atom stereocenters. The molecule has 0 aromatic heterocycles. The molecule has 6 heteroatoms. The van der Waals surface area contributed by atoms with E-state index in [1.807, 2.05) is 6.07 Å². The molecule has 0 radical (unpaired) electrons. The summed E-state index contributed by atoms with van der Waals surface area (Å²) in [7, 11) is 1.74. The van der Waals surface area contributed by atoms with Crippen molar-refractivity contribution in [1.29, 1.82) is 5.26 Å². The monoisotopic (exact) mass is 398 g/mol. The molecular weight excluding hydrogens is 364 g/mol. The van der Waals surface area contributed by atoms with Crippen molar-refractivity contribution < 1.29 is 9.53 Å². The Hall–Kier alpha value is -2.10. The van der Waals surface area contributed by atoms with Crippen molar-refractivity contribution in [2.45, 2.75) is 51.2 Å². The average Bonchev–Trinajstić information content (AvgIpc) is 2.74. The molecule has 1 saturated heterocycles. The SMILES string of the molecule is COCc1cccc(N2CCN(CC[C@H]3CC[C@H](NC(=O)CC#N)CC3)CC2)c1. The van der Waals surface area contributed by atoms with Gasteiger partial charge in [0.25, 0.3) is 0 Å². The van der Waals surface area contributed by atoms with E-state index in [-0.39, 0.29) is 18.4 Å². The van der Waals surface area contributed by atoms with Gasteiger partial charge in [0.1, 0.15) is 6.42 Å². The maximum Gasteiger partial charge on any atom is 0.234 e. The normalized spacial score (nSPS) is 22.8. The van der Waals surface area contributed by atoms with Crippen LogP contribution in [-0.4, -0.2) is 56.7 Å². The van der Waals surface area contributed by atoms with Gasteiger partial charge in [-0.3, -0.25) is 9.69 Å². The molecule has 0 unspecified atom stereocenters. The van der Waals surface area contributed by atoms with E-state index < -0.39 is 0 Å². The van der Waals surface area contributed by atoms with Crippen LogP contribution in [0.15, 0.2) is 24.3 Å². The Kier molecular flexibility index (Phi) is 8.33. The van der Waals surface area contributed by atoms with Crippen molar-refractivity contribution >= 4 is 11.6 Å². The van der Waals surface area contributed by atoms with Gasteiger partial charge in [0.15, 0.2) is 0 Å². The summed E-state index contributed by atoms with van der Waals surface area (Å²) in [4.78, 5) is 16.6. The molecular formula is C23H34N4O2. The molecule has 0 bridgehead atoms. The lowest BCUT2D eigenvalue weighted by atomic mass is 9.84. The topological polar surface area (TPSA) is 68.6 Å². The number of benzene rings is 1. The highest BCUT2D eigenvalue weighted by Gasteiger charge is 2.24. The molecule has 2 aliphatic rings. The number of amides is 1. The molecule has 158 valence electrons. The number of carbonyl (C=O) groups is 1. The van der Waals surface area contributed by atoms with Crippen molar-refractivity contribution in [2.24, 2.45) is 5.92 Å². The van der Waals surface area contributed by atoms with Crippen molar-refractivity contribution in [2.75, 3.05) is 44.7 Å². The van der Waals surface area contributed by atoms with Gasteiger partial charge in [0.05, 0.1) is 12.7 Å². The number of anilines is 1. The van der Waals surface area contributed by atoms with E-state index in [0.717, 1.165) is 44.9 Å². The summed E-state index contributed by atoms with van der Waals surface area (Å²) in [6.07, 6.45) is 5.69. The second kappa shape index (κ2) is 11.2. The first-order valence-electron chi connectivity index (χ1n) is 10.9. The highest BCUT2D eigenvalue weighted by molar-refractivity contribution is 5.78. The van der Waals surface area contributed by atoms with Crippen LogP contribution in [0.2, 0.25) is 0 Å². The Balaban J connectivity index is 1.34. The number of nitriles is 1. The molecule has 1 aromatic carbocycles. The molecule has 1 saturated carbocycles. The Morgan fingerprint density at radius 1 is 1.21 bits per heavy atom. The van der Waals surface area contributed by atoms with E-state index in [1.54, 1.807) is 7.11 Å². The Morgan fingerprint density at radius 3 is 2.66 bits per heavy atom. The van der Waals surface area contributed by atoms with Crippen LogP contribution in [0.3, 0.4) is 0 Å². The fourth-order valence-corrected chi connectivity index (χ4v) is 4.55. The van der Waals surface area contributed by atoms with Gasteiger partial charge >= 0.3 is 0 Å². The summed E-state index contributed by atoms with van der Waals surface area (Å²) in [5, 5.41) is 11.6. The van der Waals surface area contributed by atoms with Crippen molar-refractivity contribution in [3.63, 3.8) is 0 Å². The number of ether oxygens (including phenoxy) is 1. The summed E-state index contributed by atoms with van der Waals surface area (Å²) < 4.78 is 5.25. The molecule has 1 aliphatic carbocycles. The molecule has 1 amide bonds. The second-order valence-electron chi connectivity index (χ2n) is 8.34. The van der Waals surface area contributed by atoms with E-state index >= 15 is 0 Å². The molecule has 1 aliphatic heterocycles. The zero-order valence-electron chi connectivity index (χ0n) is 17.6. The number of piperazine rings is 1. The third-order valence-corrected chi connectivity index (χ3v) is 6.26. The molecule has 1 N–H and O–H groups in total. The Bertz CT molecular complexity index is 686. The van der Waals surface area contributed by atoms with Crippen LogP contribution >= 0.6 is 0 Å². The Labute approximate surface area is 174 Å². The van der Waals surface area contributed by atoms with E-state index in [0.29, 0.717) is 6.61 Å². The second-order valence-corrected chi connectivity index (χ2v) is 8.34. The summed E-state index contributed by atoms with van der Waals surface area (Å²) in [6, 6.07) is 10.9. The number of nitrogens with zero attached hydrogens (tertiary/aromatic N) is 3. The lowest BCUT2D eigenvalue weighted by Gasteiger charge is -2.37. The van der Waals surface area contributed by atoms with Gasteiger partial charge in [0, 0.05) is 45.0 Å².